The summed E-state index contributed by atoms with van der Waals surface area (Å²) in [5, 5.41) is 35.7. The molecule has 51 heavy (non-hydrogen) atoms. The molecular formula is C40H47N3O8. The van der Waals surface area contributed by atoms with Crippen molar-refractivity contribution < 1.29 is 39.1 Å². The number of likely N-dealkylation sites (N-methyl/N-ethyl adjacent to an activating group) is 1. The van der Waals surface area contributed by atoms with Gasteiger partial charge in [0.1, 0.15) is 12.3 Å². The minimum atomic E-state index is -0.795. The van der Waals surface area contributed by atoms with E-state index >= 15 is 0 Å². The summed E-state index contributed by atoms with van der Waals surface area (Å²) in [5.41, 5.74) is 6.03. The third-order valence-electron chi connectivity index (χ3n) is 8.93. The van der Waals surface area contributed by atoms with Gasteiger partial charge in [0.2, 0.25) is 0 Å². The molecule has 4 aromatic carbocycles. The van der Waals surface area contributed by atoms with Gasteiger partial charge < -0.3 is 45.1 Å². The van der Waals surface area contributed by atoms with Crippen molar-refractivity contribution in [3.8, 4) is 16.9 Å². The molecule has 5 rings (SSSR count). The number of carbonyl (C=O) groups excluding carboxylic acids is 2. The van der Waals surface area contributed by atoms with Crippen molar-refractivity contribution in [1.82, 2.24) is 15.5 Å². The number of phenols is 1. The van der Waals surface area contributed by atoms with Crippen molar-refractivity contribution in [2.75, 3.05) is 33.3 Å². The van der Waals surface area contributed by atoms with Crippen LogP contribution in [0.3, 0.4) is 0 Å². The lowest BCUT2D eigenvalue weighted by molar-refractivity contribution is -0.276. The van der Waals surface area contributed by atoms with Crippen LogP contribution in [0, 0.1) is 5.92 Å². The molecule has 1 aliphatic heterocycles. The van der Waals surface area contributed by atoms with E-state index in [1.807, 2.05) is 84.7 Å². The number of benzene rings is 4. The van der Waals surface area contributed by atoms with Gasteiger partial charge in [-0.2, -0.15) is 0 Å². The van der Waals surface area contributed by atoms with Crippen LogP contribution >= 0.6 is 0 Å². The van der Waals surface area contributed by atoms with E-state index in [4.69, 9.17) is 14.2 Å². The molecule has 11 heteroatoms. The first kappa shape index (κ1) is 37.5. The number of aliphatic hydroxyl groups is 2. The number of aromatic hydroxyl groups is 1. The van der Waals surface area contributed by atoms with E-state index in [9.17, 15) is 24.9 Å². The summed E-state index contributed by atoms with van der Waals surface area (Å²) >= 11 is 0. The Morgan fingerprint density at radius 3 is 2.33 bits per heavy atom. The van der Waals surface area contributed by atoms with Crippen LogP contribution < -0.4 is 10.6 Å². The molecule has 1 aliphatic rings. The van der Waals surface area contributed by atoms with Gasteiger partial charge in [-0.15, -0.1) is 0 Å². The summed E-state index contributed by atoms with van der Waals surface area (Å²) in [5.74, 6) is -0.444. The number of nitrogens with zero attached hydrogens (tertiary/aromatic N) is 1. The van der Waals surface area contributed by atoms with Crippen LogP contribution in [0.15, 0.2) is 97.1 Å². The van der Waals surface area contributed by atoms with E-state index in [0.717, 1.165) is 33.4 Å². The van der Waals surface area contributed by atoms with E-state index in [1.165, 1.54) is 0 Å². The third-order valence-corrected chi connectivity index (χ3v) is 8.93. The Morgan fingerprint density at radius 1 is 0.882 bits per heavy atom. The van der Waals surface area contributed by atoms with Crippen molar-refractivity contribution in [2.45, 2.75) is 51.6 Å². The number of amides is 2. The van der Waals surface area contributed by atoms with Gasteiger partial charge >= 0.3 is 12.0 Å². The Kier molecular flexibility index (Phi) is 13.2. The normalized spacial score (nSPS) is 19.3. The topological polar surface area (TPSA) is 150 Å². The first-order valence-electron chi connectivity index (χ1n) is 17.2. The molecule has 0 aliphatic carbocycles. The largest absolute Gasteiger partial charge is 0.508 e. The summed E-state index contributed by atoms with van der Waals surface area (Å²) in [4.78, 5) is 25.8. The Hall–Kier alpha value is -4.78. The van der Waals surface area contributed by atoms with Crippen LogP contribution in [0.2, 0.25) is 0 Å². The summed E-state index contributed by atoms with van der Waals surface area (Å²) in [7, 11) is 1.93. The average Bonchev–Trinajstić information content (AvgIpc) is 3.14. The molecule has 5 N–H and O–H groups in total. The zero-order chi connectivity index (χ0) is 36.3. The second-order valence-electron chi connectivity index (χ2n) is 12.8. The fraction of sp³-hybridized carbons (Fsp3) is 0.350. The maximum absolute atomic E-state index is 12.2. The predicted molar refractivity (Wildman–Crippen MR) is 192 cm³/mol. The average molecular weight is 698 g/mol. The number of hydrogen-bond acceptors (Lipinski definition) is 9. The number of urea groups is 1. The highest BCUT2D eigenvalue weighted by atomic mass is 16.7. The maximum atomic E-state index is 12.2. The van der Waals surface area contributed by atoms with Gasteiger partial charge in [0.15, 0.2) is 6.29 Å². The molecule has 1 fully saturated rings. The SMILES string of the molecule is CCOC(=O)CNC(=O)NCc1cccc(-c2cccc([C@H]3O[C@@H](CN(C)C[C@@H](O)c4cccc(O)c4)[C@@H](C)[C@@H](c4ccc(CO)cc4)O3)c2)c1. The number of rotatable bonds is 14. The Balaban J connectivity index is 1.32. The fourth-order valence-corrected chi connectivity index (χ4v) is 6.18. The Morgan fingerprint density at radius 2 is 1.61 bits per heavy atom. The van der Waals surface area contributed by atoms with E-state index < -0.39 is 24.4 Å². The number of esters is 1. The Bertz CT molecular complexity index is 1750. The van der Waals surface area contributed by atoms with Crippen LogP contribution in [0.25, 0.3) is 11.1 Å². The molecule has 1 heterocycles. The van der Waals surface area contributed by atoms with Gasteiger partial charge in [0.25, 0.3) is 0 Å². The molecule has 0 radical (unpaired) electrons. The van der Waals surface area contributed by atoms with Crippen molar-refractivity contribution >= 4 is 12.0 Å². The van der Waals surface area contributed by atoms with Crippen LogP contribution in [-0.2, 0) is 32.2 Å². The smallest absolute Gasteiger partial charge is 0.325 e. The number of aliphatic hydroxyl groups excluding tert-OH is 2. The molecule has 0 spiro atoms. The minimum absolute atomic E-state index is 0.0469. The molecule has 11 nitrogen and oxygen atoms in total. The molecular weight excluding hydrogens is 650 g/mol. The van der Waals surface area contributed by atoms with Crippen molar-refractivity contribution in [1.29, 1.82) is 0 Å². The fourth-order valence-electron chi connectivity index (χ4n) is 6.18. The molecule has 0 bridgehead atoms. The van der Waals surface area contributed by atoms with Gasteiger partial charge in [-0.25, -0.2) is 4.79 Å². The molecule has 2 amide bonds. The van der Waals surface area contributed by atoms with Gasteiger partial charge in [-0.05, 0) is 71.6 Å². The first-order chi connectivity index (χ1) is 24.6. The van der Waals surface area contributed by atoms with Crippen molar-refractivity contribution in [2.24, 2.45) is 5.92 Å². The number of hydrogen-bond donors (Lipinski definition) is 5. The predicted octanol–water partition coefficient (Wildman–Crippen LogP) is 5.37. The zero-order valence-electron chi connectivity index (χ0n) is 29.2. The molecule has 0 saturated carbocycles. The molecule has 1 saturated heterocycles. The number of carbonyl (C=O) groups is 2. The summed E-state index contributed by atoms with van der Waals surface area (Å²) in [6.07, 6.45) is -2.05. The second-order valence-corrected chi connectivity index (χ2v) is 12.8. The number of phenolic OH excluding ortho intramolecular Hbond substituents is 1. The highest BCUT2D eigenvalue weighted by molar-refractivity contribution is 5.80. The van der Waals surface area contributed by atoms with E-state index in [2.05, 4.69) is 17.6 Å². The molecule has 0 aromatic heterocycles. The lowest BCUT2D eigenvalue weighted by Gasteiger charge is -2.42. The van der Waals surface area contributed by atoms with Crippen LogP contribution in [-0.4, -0.2) is 71.6 Å². The minimum Gasteiger partial charge on any atom is -0.508 e. The number of nitrogens with one attached hydrogen (secondary N) is 2. The van der Waals surface area contributed by atoms with Crippen LogP contribution in [0.4, 0.5) is 4.79 Å². The van der Waals surface area contributed by atoms with Crippen molar-refractivity contribution in [3.63, 3.8) is 0 Å². The van der Waals surface area contributed by atoms with Gasteiger partial charge in [-0.3, -0.25) is 4.79 Å². The summed E-state index contributed by atoms with van der Waals surface area (Å²) < 4.78 is 18.2. The van der Waals surface area contributed by atoms with E-state index in [-0.39, 0.29) is 50.2 Å². The van der Waals surface area contributed by atoms with E-state index in [1.54, 1.807) is 31.2 Å². The van der Waals surface area contributed by atoms with Gasteiger partial charge in [-0.1, -0.05) is 79.7 Å². The van der Waals surface area contributed by atoms with Gasteiger partial charge in [0, 0.05) is 31.1 Å². The quantitative estimate of drug-likeness (QED) is 0.110. The third kappa shape index (κ3) is 10.4. The lowest BCUT2D eigenvalue weighted by Crippen LogP contribution is -2.44. The summed E-state index contributed by atoms with van der Waals surface area (Å²) in [6.45, 7) is 4.92. The monoisotopic (exact) mass is 697 g/mol. The second kappa shape index (κ2) is 17.9. The molecule has 4 aromatic rings. The molecule has 5 atom stereocenters. The zero-order valence-corrected chi connectivity index (χ0v) is 29.2. The van der Waals surface area contributed by atoms with Crippen LogP contribution in [0.5, 0.6) is 5.75 Å². The highest BCUT2D eigenvalue weighted by Crippen LogP contribution is 2.42. The standard InChI is InChI=1S/C40H47N3O8/c1-4-49-37(47)22-42-40(48)41-21-28-8-5-9-30(18-28)31-10-6-12-33(19-31)39-50-36(24-43(3)23-35(46)32-11-7-13-34(45)20-32)26(2)38(51-39)29-16-14-27(25-44)15-17-29/h5-20,26,35-36,38-39,44-46H,4,21-25H2,1-3H3,(H2,41,42,48)/t26-,35-,36+,38+,39+/m1/s1. The first-order valence-corrected chi connectivity index (χ1v) is 17.2. The number of ether oxygens (including phenoxy) is 3. The Labute approximate surface area is 298 Å². The maximum Gasteiger partial charge on any atom is 0.325 e. The summed E-state index contributed by atoms with van der Waals surface area (Å²) in [6, 6.07) is 29.7. The van der Waals surface area contributed by atoms with Crippen LogP contribution in [0.1, 0.15) is 60.2 Å². The van der Waals surface area contributed by atoms with Gasteiger partial charge in [0.05, 0.1) is 31.5 Å². The molecule has 270 valence electrons. The van der Waals surface area contributed by atoms with E-state index in [0.29, 0.717) is 18.7 Å². The lowest BCUT2D eigenvalue weighted by atomic mass is 9.89. The van der Waals surface area contributed by atoms with Crippen molar-refractivity contribution in [3.05, 3.63) is 125 Å². The molecule has 0 unspecified atom stereocenters. The highest BCUT2D eigenvalue weighted by Gasteiger charge is 2.39.